The van der Waals surface area contributed by atoms with Crippen molar-refractivity contribution >= 4 is 10.1 Å². The molecule has 0 rings (SSSR count). The summed E-state index contributed by atoms with van der Waals surface area (Å²) in [5.41, 5.74) is 0. The zero-order chi connectivity index (χ0) is 21.8. The third-order valence-corrected chi connectivity index (χ3v) is 7.32. The molecule has 29 heavy (non-hydrogen) atoms. The highest BCUT2D eigenvalue weighted by atomic mass is 32.2. The molecular formula is C24H50O4S. The Morgan fingerprint density at radius 3 is 1.24 bits per heavy atom. The molecule has 176 valence electrons. The molecule has 4 nitrogen and oxygen atoms in total. The van der Waals surface area contributed by atoms with Gasteiger partial charge in [0, 0.05) is 0 Å². The van der Waals surface area contributed by atoms with Gasteiger partial charge in [-0.05, 0) is 12.8 Å². The first-order valence-corrected chi connectivity index (χ1v) is 14.1. The van der Waals surface area contributed by atoms with E-state index in [0.717, 1.165) is 44.9 Å². The summed E-state index contributed by atoms with van der Waals surface area (Å²) < 4.78 is 32.7. The Hall–Kier alpha value is -0.130. The van der Waals surface area contributed by atoms with Crippen LogP contribution in [0.1, 0.15) is 142 Å². The Morgan fingerprint density at radius 2 is 0.862 bits per heavy atom. The summed E-state index contributed by atoms with van der Waals surface area (Å²) in [6, 6.07) is 0. The summed E-state index contributed by atoms with van der Waals surface area (Å²) in [6.45, 7) is 4.37. The summed E-state index contributed by atoms with van der Waals surface area (Å²) in [5.74, 6) is 0. The summed E-state index contributed by atoms with van der Waals surface area (Å²) in [4.78, 5) is 0. The molecule has 2 unspecified atom stereocenters. The number of rotatable bonds is 22. The van der Waals surface area contributed by atoms with Crippen molar-refractivity contribution in [2.24, 2.45) is 0 Å². The fourth-order valence-electron chi connectivity index (χ4n) is 4.05. The lowest BCUT2D eigenvalue weighted by Gasteiger charge is -2.20. The number of hydrogen-bond acceptors (Lipinski definition) is 3. The molecule has 5 heteroatoms. The molecule has 0 fully saturated rings. The van der Waals surface area contributed by atoms with Crippen molar-refractivity contribution in [1.29, 1.82) is 0 Å². The van der Waals surface area contributed by atoms with Gasteiger partial charge >= 0.3 is 0 Å². The van der Waals surface area contributed by atoms with E-state index in [1.54, 1.807) is 0 Å². The highest BCUT2D eigenvalue weighted by molar-refractivity contribution is 7.86. The van der Waals surface area contributed by atoms with E-state index in [2.05, 4.69) is 13.8 Å². The maximum Gasteiger partial charge on any atom is 0.270 e. The first kappa shape index (κ1) is 28.9. The topological polar surface area (TPSA) is 74.6 Å². The molecular weight excluding hydrogens is 384 g/mol. The monoisotopic (exact) mass is 434 g/mol. The molecule has 0 saturated heterocycles. The molecule has 0 aliphatic heterocycles. The van der Waals surface area contributed by atoms with Crippen molar-refractivity contribution in [3.05, 3.63) is 0 Å². The number of aliphatic hydroxyl groups excluding tert-OH is 1. The minimum Gasteiger partial charge on any atom is -0.392 e. The van der Waals surface area contributed by atoms with Gasteiger partial charge in [0.2, 0.25) is 0 Å². The Kier molecular flexibility index (Phi) is 19.7. The van der Waals surface area contributed by atoms with Crippen molar-refractivity contribution in [2.45, 2.75) is 154 Å². The van der Waals surface area contributed by atoms with Crippen LogP contribution in [0.4, 0.5) is 0 Å². The predicted molar refractivity (Wildman–Crippen MR) is 125 cm³/mol. The van der Waals surface area contributed by atoms with Crippen LogP contribution in [-0.4, -0.2) is 29.4 Å². The molecule has 0 radical (unpaired) electrons. The second kappa shape index (κ2) is 19.8. The first-order valence-electron chi connectivity index (χ1n) is 12.6. The van der Waals surface area contributed by atoms with Gasteiger partial charge in [0.25, 0.3) is 10.1 Å². The van der Waals surface area contributed by atoms with Crippen LogP contribution in [0.3, 0.4) is 0 Å². The van der Waals surface area contributed by atoms with Crippen LogP contribution >= 0.6 is 0 Å². The highest BCUT2D eigenvalue weighted by Crippen LogP contribution is 2.20. The quantitative estimate of drug-likeness (QED) is 0.137. The summed E-state index contributed by atoms with van der Waals surface area (Å²) in [6.07, 6.45) is 21.5. The van der Waals surface area contributed by atoms with Gasteiger partial charge in [0.15, 0.2) is 0 Å². The lowest BCUT2D eigenvalue weighted by molar-refractivity contribution is 0.146. The van der Waals surface area contributed by atoms with Crippen LogP contribution in [0.5, 0.6) is 0 Å². The van der Waals surface area contributed by atoms with E-state index in [-0.39, 0.29) is 0 Å². The SMILES string of the molecule is CCCCCCCCCCCCCCCCC(C(O)CCCCCC)S(=O)(=O)O. The third-order valence-electron chi connectivity index (χ3n) is 6.01. The Labute approximate surface area is 182 Å². The maximum atomic E-state index is 11.6. The summed E-state index contributed by atoms with van der Waals surface area (Å²) in [5, 5.41) is 9.20. The zero-order valence-corrected chi connectivity index (χ0v) is 20.2. The molecule has 0 spiro atoms. The second-order valence-corrected chi connectivity index (χ2v) is 10.5. The largest absolute Gasteiger partial charge is 0.392 e. The van der Waals surface area contributed by atoms with Gasteiger partial charge in [-0.25, -0.2) is 0 Å². The number of unbranched alkanes of at least 4 members (excludes halogenated alkanes) is 16. The lowest BCUT2D eigenvalue weighted by atomic mass is 10.0. The van der Waals surface area contributed by atoms with Crippen LogP contribution in [0.25, 0.3) is 0 Å². The molecule has 0 amide bonds. The van der Waals surface area contributed by atoms with E-state index in [4.69, 9.17) is 0 Å². The summed E-state index contributed by atoms with van der Waals surface area (Å²) >= 11 is 0. The van der Waals surface area contributed by atoms with Crippen molar-refractivity contribution in [3.8, 4) is 0 Å². The molecule has 0 aromatic carbocycles. The standard InChI is InChI=1S/C24H50O4S/c1-3-5-7-9-10-11-12-13-14-15-16-17-18-20-22-24(29(26,27)28)23(25)21-19-8-6-4-2/h23-25H,3-22H2,1-2H3,(H,26,27,28). The van der Waals surface area contributed by atoms with E-state index >= 15 is 0 Å². The summed E-state index contributed by atoms with van der Waals surface area (Å²) in [7, 11) is -4.17. The molecule has 0 aliphatic carbocycles. The Balaban J connectivity index is 3.68. The fourth-order valence-corrected chi connectivity index (χ4v) is 5.04. The molecule has 0 aliphatic rings. The van der Waals surface area contributed by atoms with E-state index in [1.165, 1.54) is 70.6 Å². The highest BCUT2D eigenvalue weighted by Gasteiger charge is 2.29. The first-order chi connectivity index (χ1) is 13.9. The van der Waals surface area contributed by atoms with Gasteiger partial charge in [-0.1, -0.05) is 129 Å². The molecule has 2 N–H and O–H groups in total. The van der Waals surface area contributed by atoms with Gasteiger partial charge in [-0.15, -0.1) is 0 Å². The van der Waals surface area contributed by atoms with E-state index in [0.29, 0.717) is 12.8 Å². The molecule has 0 heterocycles. The predicted octanol–water partition coefficient (Wildman–Crippen LogP) is 7.45. The Bertz CT molecular complexity index is 436. The van der Waals surface area contributed by atoms with Crippen LogP contribution in [0.15, 0.2) is 0 Å². The smallest absolute Gasteiger partial charge is 0.270 e. The zero-order valence-electron chi connectivity index (χ0n) is 19.4. The van der Waals surface area contributed by atoms with Crippen LogP contribution in [-0.2, 0) is 10.1 Å². The van der Waals surface area contributed by atoms with Crippen molar-refractivity contribution in [2.75, 3.05) is 0 Å². The van der Waals surface area contributed by atoms with Crippen LogP contribution in [0.2, 0.25) is 0 Å². The molecule has 0 aromatic heterocycles. The van der Waals surface area contributed by atoms with Gasteiger partial charge in [-0.2, -0.15) is 8.42 Å². The average Bonchev–Trinajstić information content (AvgIpc) is 2.67. The molecule has 0 aromatic rings. The van der Waals surface area contributed by atoms with Gasteiger partial charge < -0.3 is 5.11 Å². The van der Waals surface area contributed by atoms with Crippen molar-refractivity contribution in [3.63, 3.8) is 0 Å². The fraction of sp³-hybridized carbons (Fsp3) is 1.00. The number of hydrogen-bond donors (Lipinski definition) is 2. The third kappa shape index (κ3) is 18.4. The maximum absolute atomic E-state index is 11.6. The minimum atomic E-state index is -4.17. The van der Waals surface area contributed by atoms with Crippen molar-refractivity contribution in [1.82, 2.24) is 0 Å². The minimum absolute atomic E-state index is 0.367. The Morgan fingerprint density at radius 1 is 0.552 bits per heavy atom. The number of aliphatic hydroxyl groups is 1. The van der Waals surface area contributed by atoms with E-state index < -0.39 is 21.5 Å². The second-order valence-electron chi connectivity index (χ2n) is 8.85. The van der Waals surface area contributed by atoms with Crippen LogP contribution < -0.4 is 0 Å². The van der Waals surface area contributed by atoms with E-state index in [1.807, 2.05) is 0 Å². The van der Waals surface area contributed by atoms with Gasteiger partial charge in [0.05, 0.1) is 6.10 Å². The average molecular weight is 435 g/mol. The van der Waals surface area contributed by atoms with Gasteiger partial charge in [-0.3, -0.25) is 4.55 Å². The normalized spacial score (nSPS) is 14.2. The molecule has 0 bridgehead atoms. The van der Waals surface area contributed by atoms with Crippen LogP contribution in [0, 0.1) is 0 Å². The lowest BCUT2D eigenvalue weighted by Crippen LogP contribution is -2.33. The van der Waals surface area contributed by atoms with Gasteiger partial charge in [0.1, 0.15) is 5.25 Å². The molecule has 2 atom stereocenters. The van der Waals surface area contributed by atoms with Crippen molar-refractivity contribution < 1.29 is 18.1 Å². The van der Waals surface area contributed by atoms with E-state index in [9.17, 15) is 18.1 Å². The molecule has 0 saturated carbocycles.